The van der Waals surface area contributed by atoms with Gasteiger partial charge in [-0.05, 0) is 0 Å². The molecule has 0 bridgehead atoms. The van der Waals surface area contributed by atoms with E-state index in [2.05, 4.69) is 41.5 Å². The number of carboxylic acids is 1. The number of rotatable bonds is 19. The second-order valence-electron chi connectivity index (χ2n) is 9.24. The van der Waals surface area contributed by atoms with Crippen LogP contribution in [0.5, 0.6) is 0 Å². The van der Waals surface area contributed by atoms with E-state index < -0.39 is 24.3 Å². The molecule has 0 saturated heterocycles. The molecule has 0 aliphatic carbocycles. The number of aliphatic carboxylic acids is 1. The van der Waals surface area contributed by atoms with Crippen LogP contribution in [0.4, 0.5) is 0 Å². The number of thiol groups is 1. The van der Waals surface area contributed by atoms with Crippen molar-refractivity contribution in [3.63, 3.8) is 0 Å². The molecule has 0 saturated carbocycles. The van der Waals surface area contributed by atoms with E-state index in [9.17, 15) is 0 Å². The van der Waals surface area contributed by atoms with Crippen molar-refractivity contribution in [1.29, 1.82) is 0 Å². The van der Waals surface area contributed by atoms with E-state index >= 15 is 0 Å². The Kier molecular flexibility index (Phi) is 26.5. The van der Waals surface area contributed by atoms with Gasteiger partial charge < -0.3 is 5.11 Å². The molecular weight excluding hydrogens is 495 g/mol. The Balaban J connectivity index is 0. The van der Waals surface area contributed by atoms with Crippen molar-refractivity contribution in [2.75, 3.05) is 11.5 Å². The number of hydrogen-bond donors (Lipinski definition) is 2. The van der Waals surface area contributed by atoms with Gasteiger partial charge in [0, 0.05) is 6.92 Å². The van der Waals surface area contributed by atoms with Gasteiger partial charge in [-0.25, -0.2) is 0 Å². The van der Waals surface area contributed by atoms with Crippen LogP contribution >= 0.6 is 8.08 Å². The third-order valence-corrected chi connectivity index (χ3v) is 31.4. The molecule has 1 N–H and O–H groups in total. The maximum absolute atomic E-state index is 9.00. The van der Waals surface area contributed by atoms with Gasteiger partial charge in [-0.3, -0.25) is 4.79 Å². The number of carbonyl (C=O) groups is 1. The van der Waals surface area contributed by atoms with Crippen molar-refractivity contribution in [3.05, 3.63) is 0 Å². The summed E-state index contributed by atoms with van der Waals surface area (Å²) in [7, 11) is 0.439. The second-order valence-corrected chi connectivity index (χ2v) is 29.3. The Labute approximate surface area is 199 Å². The van der Waals surface area contributed by atoms with Gasteiger partial charge in [-0.1, -0.05) is 0 Å². The van der Waals surface area contributed by atoms with Crippen LogP contribution in [-0.4, -0.2) is 41.0 Å². The molecule has 0 aliphatic rings. The normalized spacial score (nSPS) is 14.7. The summed E-state index contributed by atoms with van der Waals surface area (Å²) in [6.07, 6.45) is 17.7. The molecule has 0 aliphatic heterocycles. The molecule has 0 spiro atoms. The zero-order chi connectivity index (χ0) is 23.2. The molecular formula is C26H58O2SSn. The molecule has 2 unspecified atom stereocenters. The van der Waals surface area contributed by atoms with Crippen LogP contribution in [0.3, 0.4) is 0 Å². The first-order valence-corrected chi connectivity index (χ1v) is 24.2. The van der Waals surface area contributed by atoms with E-state index in [1.165, 1.54) is 64.2 Å². The number of carboxylic acid groups (broad SMARTS) is 1. The molecule has 30 heavy (non-hydrogen) atoms. The fraction of sp³-hybridized carbons (Fsp3) is 0.962. The van der Waals surface area contributed by atoms with Gasteiger partial charge in [0.2, 0.25) is 0 Å². The summed E-state index contributed by atoms with van der Waals surface area (Å²) < 4.78 is 3.47. The molecule has 0 fully saturated rings. The first kappa shape index (κ1) is 32.8. The summed E-state index contributed by atoms with van der Waals surface area (Å²) >= 11 is -1.34. The summed E-state index contributed by atoms with van der Waals surface area (Å²) in [4.78, 5) is 9.00. The molecule has 0 amide bonds. The Bertz CT molecular complexity index is 335. The van der Waals surface area contributed by atoms with Crippen molar-refractivity contribution >= 4 is 32.4 Å². The molecule has 184 valence electrons. The predicted octanol–water partition coefficient (Wildman–Crippen LogP) is 8.84. The van der Waals surface area contributed by atoms with E-state index in [4.69, 9.17) is 9.90 Å². The van der Waals surface area contributed by atoms with E-state index in [1.807, 2.05) is 0 Å². The first-order chi connectivity index (χ1) is 14.4. The molecule has 0 radical (unpaired) electrons. The standard InChI is InChI=1S/C16H34S.2C4H9.C2H4O2.Sn.H/c1-5-9-11-15(7-3)13-17-14-16(8-4)12-10-6-2;2*1-3-4-2;1-2(3)4;;/h15-16H,5-14H2,1-4H3;2*1,3-4H2,2H3;1H3,(H,3,4);;/q;;;;-1;/p+1. The van der Waals surface area contributed by atoms with Gasteiger partial charge in [-0.15, -0.1) is 0 Å². The summed E-state index contributed by atoms with van der Waals surface area (Å²) in [5, 5.41) is 7.42. The third kappa shape index (κ3) is 20.5. The van der Waals surface area contributed by atoms with Crippen molar-refractivity contribution in [3.8, 4) is 0 Å². The topological polar surface area (TPSA) is 37.3 Å². The molecule has 2 nitrogen and oxygen atoms in total. The monoisotopic (exact) mass is 554 g/mol. The SMILES string of the molecule is CC(=O)O.CCCCC(CC)C[SH](CC(CC)CCCC)[SnH]([CH2]CCC)[CH2]CCC. The van der Waals surface area contributed by atoms with Crippen LogP contribution < -0.4 is 0 Å². The summed E-state index contributed by atoms with van der Waals surface area (Å²) in [5.74, 6) is 4.66. The van der Waals surface area contributed by atoms with Gasteiger partial charge in [0.15, 0.2) is 0 Å². The van der Waals surface area contributed by atoms with Crippen molar-refractivity contribution in [2.45, 2.75) is 134 Å². The molecule has 0 rings (SSSR count). The van der Waals surface area contributed by atoms with Gasteiger partial charge in [-0.2, -0.15) is 0 Å². The average Bonchev–Trinajstić information content (AvgIpc) is 2.72. The zero-order valence-corrected chi connectivity index (χ0v) is 26.0. The van der Waals surface area contributed by atoms with E-state index in [1.54, 1.807) is 33.2 Å². The van der Waals surface area contributed by atoms with Crippen LogP contribution in [-0.2, 0) is 4.79 Å². The minimum atomic E-state index is -1.34. The van der Waals surface area contributed by atoms with Crippen molar-refractivity contribution in [1.82, 2.24) is 0 Å². The third-order valence-electron chi connectivity index (χ3n) is 6.37. The Morgan fingerprint density at radius 1 is 0.733 bits per heavy atom. The van der Waals surface area contributed by atoms with Crippen LogP contribution in [0.15, 0.2) is 0 Å². The van der Waals surface area contributed by atoms with Crippen LogP contribution in [0.1, 0.15) is 126 Å². The molecule has 0 aromatic heterocycles. The van der Waals surface area contributed by atoms with Crippen LogP contribution in [0.25, 0.3) is 0 Å². The molecule has 2 atom stereocenters. The van der Waals surface area contributed by atoms with Crippen molar-refractivity contribution < 1.29 is 9.90 Å². The van der Waals surface area contributed by atoms with E-state index in [-0.39, 0.29) is 0 Å². The van der Waals surface area contributed by atoms with Gasteiger partial charge in [0.05, 0.1) is 0 Å². The van der Waals surface area contributed by atoms with Gasteiger partial charge in [0.25, 0.3) is 5.97 Å². The van der Waals surface area contributed by atoms with Gasteiger partial charge >= 0.3 is 177 Å². The molecule has 0 aromatic rings. The Morgan fingerprint density at radius 3 is 1.33 bits per heavy atom. The number of hydrogen-bond acceptors (Lipinski definition) is 1. The average molecular weight is 554 g/mol. The molecule has 0 heterocycles. The van der Waals surface area contributed by atoms with Crippen LogP contribution in [0.2, 0.25) is 8.87 Å². The summed E-state index contributed by atoms with van der Waals surface area (Å²) in [6.45, 7) is 15.6. The fourth-order valence-corrected chi connectivity index (χ4v) is 32.7. The first-order valence-electron chi connectivity index (χ1n) is 13.3. The molecule has 0 aromatic carbocycles. The van der Waals surface area contributed by atoms with Gasteiger partial charge in [0.1, 0.15) is 0 Å². The van der Waals surface area contributed by atoms with Crippen molar-refractivity contribution in [2.24, 2.45) is 11.8 Å². The summed E-state index contributed by atoms with van der Waals surface area (Å²) in [5.41, 5.74) is 0. The summed E-state index contributed by atoms with van der Waals surface area (Å²) in [6, 6.07) is 0. The van der Waals surface area contributed by atoms with E-state index in [0.717, 1.165) is 18.8 Å². The zero-order valence-electron chi connectivity index (χ0n) is 21.8. The predicted molar refractivity (Wildman–Crippen MR) is 145 cm³/mol. The molecule has 4 heteroatoms. The number of unbranched alkanes of at least 4 members (excludes halogenated alkanes) is 4. The fourth-order valence-electron chi connectivity index (χ4n) is 4.26. The maximum atomic E-state index is 9.00. The second kappa shape index (κ2) is 24.3. The minimum absolute atomic E-state index is 0.439. The van der Waals surface area contributed by atoms with Crippen LogP contribution in [0, 0.1) is 11.8 Å². The van der Waals surface area contributed by atoms with E-state index in [0.29, 0.717) is 8.08 Å². The Hall–Kier alpha value is 0.619. The Morgan fingerprint density at radius 2 is 1.07 bits per heavy atom. The quantitative estimate of drug-likeness (QED) is 0.124.